The molecule has 0 spiro atoms. The van der Waals surface area contributed by atoms with Gasteiger partial charge in [0.1, 0.15) is 0 Å². The molecule has 1 aromatic rings. The minimum absolute atomic E-state index is 0.612. The van der Waals surface area contributed by atoms with Gasteiger partial charge in [0.15, 0.2) is 0 Å². The van der Waals surface area contributed by atoms with Crippen molar-refractivity contribution in [3.63, 3.8) is 0 Å². The monoisotopic (exact) mass is 247 g/mol. The van der Waals surface area contributed by atoms with Gasteiger partial charge in [-0.05, 0) is 17.7 Å². The molecule has 70 valence electrons. The molecule has 0 unspecified atom stereocenters. The smallest absolute Gasteiger partial charge is 0.272 e. The lowest BCUT2D eigenvalue weighted by atomic mass is 10.1. The second-order valence-electron chi connectivity index (χ2n) is 3.23. The first-order valence-corrected chi connectivity index (χ1v) is 4.71. The third kappa shape index (κ3) is 1.38. The quantitative estimate of drug-likeness (QED) is 0.811. The van der Waals surface area contributed by atoms with Crippen molar-refractivity contribution in [1.82, 2.24) is 0 Å². The normalized spacial score (nSPS) is 30.2. The highest BCUT2D eigenvalue weighted by atomic mass is 79.9. The summed E-state index contributed by atoms with van der Waals surface area (Å²) < 4.78 is 26.6. The van der Waals surface area contributed by atoms with Gasteiger partial charge in [0.2, 0.25) is 0 Å². The van der Waals surface area contributed by atoms with E-state index in [4.69, 9.17) is 5.73 Å². The molecule has 4 heteroatoms. The van der Waals surface area contributed by atoms with Crippen LogP contribution in [0, 0.1) is 0 Å². The largest absolute Gasteiger partial charge is 0.322 e. The highest BCUT2D eigenvalue weighted by molar-refractivity contribution is 9.10. The van der Waals surface area contributed by atoms with E-state index in [9.17, 15) is 8.78 Å². The molecule has 2 rings (SSSR count). The van der Waals surface area contributed by atoms with Crippen LogP contribution in [-0.4, -0.2) is 12.0 Å². The Balaban J connectivity index is 2.25. The van der Waals surface area contributed by atoms with E-state index in [0.29, 0.717) is 5.56 Å². The number of alkyl halides is 2. The van der Waals surface area contributed by atoms with E-state index >= 15 is 0 Å². The van der Waals surface area contributed by atoms with Crippen molar-refractivity contribution in [3.8, 4) is 0 Å². The van der Waals surface area contributed by atoms with Crippen LogP contribution < -0.4 is 5.73 Å². The molecule has 1 aliphatic rings. The molecular formula is C9H8BrF2N. The van der Waals surface area contributed by atoms with E-state index in [0.717, 1.165) is 4.47 Å². The van der Waals surface area contributed by atoms with Gasteiger partial charge in [-0.15, -0.1) is 0 Å². The van der Waals surface area contributed by atoms with Crippen LogP contribution in [-0.2, 0) is 0 Å². The average molecular weight is 248 g/mol. The van der Waals surface area contributed by atoms with Gasteiger partial charge in [-0.1, -0.05) is 28.1 Å². The van der Waals surface area contributed by atoms with Gasteiger partial charge >= 0.3 is 0 Å². The molecule has 0 amide bonds. The third-order valence-electron chi connectivity index (χ3n) is 2.34. The van der Waals surface area contributed by atoms with Crippen molar-refractivity contribution in [2.75, 3.05) is 0 Å². The zero-order valence-corrected chi connectivity index (χ0v) is 8.26. The van der Waals surface area contributed by atoms with E-state index in [1.54, 1.807) is 24.3 Å². The highest BCUT2D eigenvalue weighted by Crippen LogP contribution is 2.54. The lowest BCUT2D eigenvalue weighted by Crippen LogP contribution is -2.08. The maximum atomic E-state index is 12.8. The van der Waals surface area contributed by atoms with Crippen molar-refractivity contribution < 1.29 is 8.78 Å². The Hall–Kier alpha value is -0.480. The molecule has 0 aromatic heterocycles. The molecule has 1 aromatic carbocycles. The van der Waals surface area contributed by atoms with Crippen LogP contribution >= 0.6 is 15.9 Å². The second kappa shape index (κ2) is 2.75. The summed E-state index contributed by atoms with van der Waals surface area (Å²) in [6, 6.07) is 5.84. The average Bonchev–Trinajstić information content (AvgIpc) is 2.55. The van der Waals surface area contributed by atoms with Gasteiger partial charge < -0.3 is 5.73 Å². The summed E-state index contributed by atoms with van der Waals surface area (Å²) in [6.07, 6.45) is 0. The topological polar surface area (TPSA) is 26.0 Å². The van der Waals surface area contributed by atoms with Crippen molar-refractivity contribution in [3.05, 3.63) is 34.3 Å². The molecule has 1 saturated carbocycles. The first-order valence-electron chi connectivity index (χ1n) is 3.92. The van der Waals surface area contributed by atoms with E-state index in [-0.39, 0.29) is 0 Å². The van der Waals surface area contributed by atoms with Gasteiger partial charge in [-0.3, -0.25) is 0 Å². The summed E-state index contributed by atoms with van der Waals surface area (Å²) in [5.41, 5.74) is 5.86. The summed E-state index contributed by atoms with van der Waals surface area (Å²) in [5, 5.41) is 0. The van der Waals surface area contributed by atoms with E-state index < -0.39 is 17.9 Å². The lowest BCUT2D eigenvalue weighted by molar-refractivity contribution is 0.105. The number of hydrogen-bond donors (Lipinski definition) is 1. The predicted molar refractivity (Wildman–Crippen MR) is 49.8 cm³/mol. The molecule has 1 nitrogen and oxygen atoms in total. The second-order valence-corrected chi connectivity index (χ2v) is 4.15. The number of hydrogen-bond acceptors (Lipinski definition) is 1. The first kappa shape index (κ1) is 9.09. The van der Waals surface area contributed by atoms with Crippen molar-refractivity contribution in [1.29, 1.82) is 0 Å². The molecule has 2 N–H and O–H groups in total. The fourth-order valence-electron chi connectivity index (χ4n) is 1.45. The van der Waals surface area contributed by atoms with Crippen LogP contribution in [0.2, 0.25) is 0 Å². The third-order valence-corrected chi connectivity index (χ3v) is 2.87. The molecule has 0 bridgehead atoms. The van der Waals surface area contributed by atoms with Crippen LogP contribution in [0.3, 0.4) is 0 Å². The summed E-state index contributed by atoms with van der Waals surface area (Å²) in [5.74, 6) is -3.51. The Labute approximate surface area is 83.1 Å². The maximum absolute atomic E-state index is 12.8. The number of nitrogens with two attached hydrogens (primary N) is 1. The van der Waals surface area contributed by atoms with Gasteiger partial charge in [0.05, 0.1) is 12.0 Å². The number of benzene rings is 1. The van der Waals surface area contributed by atoms with Crippen molar-refractivity contribution in [2.45, 2.75) is 17.9 Å². The van der Waals surface area contributed by atoms with Gasteiger partial charge in [-0.2, -0.15) is 0 Å². The van der Waals surface area contributed by atoms with Gasteiger partial charge in [0, 0.05) is 4.47 Å². The summed E-state index contributed by atoms with van der Waals surface area (Å²) in [7, 11) is 0. The fraction of sp³-hybridized carbons (Fsp3) is 0.333. The minimum atomic E-state index is -2.71. The van der Waals surface area contributed by atoms with E-state index in [2.05, 4.69) is 15.9 Å². The molecule has 2 atom stereocenters. The fourth-order valence-corrected chi connectivity index (χ4v) is 1.71. The van der Waals surface area contributed by atoms with Crippen LogP contribution in [0.4, 0.5) is 8.78 Å². The minimum Gasteiger partial charge on any atom is -0.322 e. The number of halogens is 3. The van der Waals surface area contributed by atoms with Crippen LogP contribution in [0.15, 0.2) is 28.7 Å². The standard InChI is InChI=1S/C9H8BrF2N/c10-6-3-1-5(2-4-6)7-8(13)9(7,11)12/h1-4,7-8H,13H2/t7-,8-/m0/s1. The van der Waals surface area contributed by atoms with Gasteiger partial charge in [-0.25, -0.2) is 8.78 Å². The summed E-state index contributed by atoms with van der Waals surface area (Å²) in [4.78, 5) is 0. The van der Waals surface area contributed by atoms with Crippen molar-refractivity contribution in [2.24, 2.45) is 5.73 Å². The van der Waals surface area contributed by atoms with E-state index in [1.165, 1.54) is 0 Å². The Morgan fingerprint density at radius 2 is 1.69 bits per heavy atom. The molecule has 0 heterocycles. The van der Waals surface area contributed by atoms with Crippen LogP contribution in [0.5, 0.6) is 0 Å². The SMILES string of the molecule is N[C@H]1[C@H](c2ccc(Br)cc2)C1(F)F. The Morgan fingerprint density at radius 3 is 2.08 bits per heavy atom. The van der Waals surface area contributed by atoms with Crippen LogP contribution in [0.1, 0.15) is 11.5 Å². The Bertz CT molecular complexity index is 323. The zero-order chi connectivity index (χ0) is 9.64. The first-order chi connectivity index (χ1) is 6.03. The van der Waals surface area contributed by atoms with E-state index in [1.807, 2.05) is 0 Å². The van der Waals surface area contributed by atoms with Crippen LogP contribution in [0.25, 0.3) is 0 Å². The highest BCUT2D eigenvalue weighted by Gasteiger charge is 2.66. The summed E-state index contributed by atoms with van der Waals surface area (Å²) >= 11 is 3.24. The lowest BCUT2D eigenvalue weighted by Gasteiger charge is -1.97. The summed E-state index contributed by atoms with van der Waals surface area (Å²) in [6.45, 7) is 0. The molecule has 1 aliphatic carbocycles. The molecule has 0 saturated heterocycles. The molecule has 0 radical (unpaired) electrons. The molecule has 13 heavy (non-hydrogen) atoms. The zero-order valence-electron chi connectivity index (χ0n) is 6.68. The maximum Gasteiger partial charge on any atom is 0.272 e. The Morgan fingerprint density at radius 1 is 1.23 bits per heavy atom. The van der Waals surface area contributed by atoms with Gasteiger partial charge in [0.25, 0.3) is 5.92 Å². The number of rotatable bonds is 1. The molecular weight excluding hydrogens is 240 g/mol. The Kier molecular flexibility index (Phi) is 1.92. The van der Waals surface area contributed by atoms with Crippen molar-refractivity contribution >= 4 is 15.9 Å². The molecule has 0 aliphatic heterocycles. The predicted octanol–water partition coefficient (Wildman–Crippen LogP) is 2.51. The molecule has 1 fully saturated rings.